The van der Waals surface area contributed by atoms with E-state index in [1.165, 1.54) is 64.1 Å². The van der Waals surface area contributed by atoms with E-state index in [0.29, 0.717) is 0 Å². The van der Waals surface area contributed by atoms with Crippen LogP contribution in [-0.2, 0) is 76.3 Å². The second-order valence-corrected chi connectivity index (χ2v) is 16.7. The van der Waals surface area contributed by atoms with E-state index < -0.39 is 143 Å². The van der Waals surface area contributed by atoms with Gasteiger partial charge in [0.05, 0.1) is 17.4 Å². The van der Waals surface area contributed by atoms with E-state index in [4.69, 9.17) is 37.9 Å². The van der Waals surface area contributed by atoms with Crippen LogP contribution in [0.15, 0.2) is 42.5 Å². The quantitative estimate of drug-likeness (QED) is 0.194. The third-order valence-corrected chi connectivity index (χ3v) is 10.9. The van der Waals surface area contributed by atoms with E-state index in [1.807, 2.05) is 0 Å². The highest BCUT2D eigenvalue weighted by molar-refractivity contribution is 5.94. The van der Waals surface area contributed by atoms with Crippen molar-refractivity contribution in [3.05, 3.63) is 48.0 Å². The third-order valence-electron chi connectivity index (χ3n) is 10.9. The summed E-state index contributed by atoms with van der Waals surface area (Å²) in [5.41, 5.74) is -8.65. The molecule has 1 aromatic carbocycles. The maximum absolute atomic E-state index is 15.3. The Morgan fingerprint density at radius 1 is 0.717 bits per heavy atom. The molecule has 0 unspecified atom stereocenters. The summed E-state index contributed by atoms with van der Waals surface area (Å²) in [4.78, 5) is 123. The van der Waals surface area contributed by atoms with Crippen LogP contribution in [0.1, 0.15) is 106 Å². The van der Waals surface area contributed by atoms with Crippen LogP contribution in [0.5, 0.6) is 0 Å². The van der Waals surface area contributed by atoms with Gasteiger partial charge in [0.25, 0.3) is 0 Å². The average Bonchev–Trinajstić information content (AvgIpc) is 3.36. The first-order valence-electron chi connectivity index (χ1n) is 19.6. The van der Waals surface area contributed by atoms with E-state index >= 15 is 4.79 Å². The van der Waals surface area contributed by atoms with Gasteiger partial charge in [-0.1, -0.05) is 65.0 Å². The molecule has 60 heavy (non-hydrogen) atoms. The number of ketones is 1. The van der Waals surface area contributed by atoms with Crippen LogP contribution in [0, 0.1) is 23.2 Å². The minimum atomic E-state index is -2.59. The monoisotopic (exact) mass is 842 g/mol. The Morgan fingerprint density at radius 3 is 1.82 bits per heavy atom. The Balaban J connectivity index is 2.34. The van der Waals surface area contributed by atoms with Crippen molar-refractivity contribution in [2.24, 2.45) is 23.2 Å². The van der Waals surface area contributed by atoms with E-state index in [9.17, 15) is 38.4 Å². The van der Waals surface area contributed by atoms with Gasteiger partial charge in [0.1, 0.15) is 0 Å². The maximum atomic E-state index is 15.3. The molecule has 0 radical (unpaired) electrons. The van der Waals surface area contributed by atoms with E-state index in [2.05, 4.69) is 0 Å². The predicted octanol–water partition coefficient (Wildman–Crippen LogP) is 4.10. The van der Waals surface area contributed by atoms with Gasteiger partial charge in [-0.25, -0.2) is 4.79 Å². The van der Waals surface area contributed by atoms with Crippen LogP contribution in [0.25, 0.3) is 0 Å². The third kappa shape index (κ3) is 9.71. The Kier molecular flexibility index (Phi) is 14.1. The molecule has 1 heterocycles. The first-order valence-corrected chi connectivity index (χ1v) is 19.6. The highest BCUT2D eigenvalue weighted by atomic mass is 16.7. The normalized spacial score (nSPS) is 32.8. The number of hydrogen-bond acceptors (Lipinski definition) is 17. The summed E-state index contributed by atoms with van der Waals surface area (Å²) in [5, 5.41) is 0. The lowest BCUT2D eigenvalue weighted by molar-refractivity contribution is -0.265. The summed E-state index contributed by atoms with van der Waals surface area (Å²) < 4.78 is 48.7. The number of esters is 8. The van der Waals surface area contributed by atoms with Crippen LogP contribution in [0.4, 0.5) is 0 Å². The molecule has 0 N–H and O–H groups in total. The molecule has 17 heteroatoms. The summed E-state index contributed by atoms with van der Waals surface area (Å²) in [5.74, 6) is -12.7. The minimum Gasteiger partial charge on any atom is -0.458 e. The smallest absolute Gasteiger partial charge is 0.338 e. The number of allylic oxidation sites excluding steroid dienone is 1. The molecule has 10 atom stereocenters. The molecule has 2 aliphatic carbocycles. The Labute approximate surface area is 348 Å². The van der Waals surface area contributed by atoms with Crippen molar-refractivity contribution in [2.45, 2.75) is 143 Å². The SMILES string of the molecule is CC(=O)O[C@H]1[C@@H](OC(C)=O)C(C)(C)/C=C/[C@H](C)C(=O)[C@@]2(OC(C)=O)C[C@@](C)(OC(C)=O)[C@H](OC(C)=O)[C@@H]2[C@H]2OC(=O)CC[C@@]2(OC(=O)c2ccccc2)[C@@H]1OC(=O)C(C)C. The number of fused-ring (bicyclic) bond motifs is 3. The molecular formula is C43H54O17. The van der Waals surface area contributed by atoms with Gasteiger partial charge in [-0.15, -0.1) is 0 Å². The zero-order valence-electron chi connectivity index (χ0n) is 35.7. The molecule has 4 rings (SSSR count). The van der Waals surface area contributed by atoms with Crippen molar-refractivity contribution >= 4 is 53.5 Å². The molecule has 328 valence electrons. The second kappa shape index (κ2) is 17.9. The highest BCUT2D eigenvalue weighted by Crippen LogP contribution is 2.57. The van der Waals surface area contributed by atoms with Gasteiger partial charge in [-0.05, 0) is 19.1 Å². The van der Waals surface area contributed by atoms with Gasteiger partial charge in [-0.3, -0.25) is 38.4 Å². The first kappa shape index (κ1) is 47.1. The molecular weight excluding hydrogens is 788 g/mol. The van der Waals surface area contributed by atoms with Gasteiger partial charge in [-0.2, -0.15) is 0 Å². The summed E-state index contributed by atoms with van der Waals surface area (Å²) >= 11 is 0. The van der Waals surface area contributed by atoms with Crippen LogP contribution >= 0.6 is 0 Å². The maximum Gasteiger partial charge on any atom is 0.338 e. The van der Waals surface area contributed by atoms with Crippen molar-refractivity contribution in [2.75, 3.05) is 0 Å². The van der Waals surface area contributed by atoms with Crippen molar-refractivity contribution in [1.82, 2.24) is 0 Å². The molecule has 0 spiro atoms. The molecule has 3 aliphatic rings. The molecule has 17 nitrogen and oxygen atoms in total. The number of benzene rings is 1. The minimum absolute atomic E-state index is 0.0601. The number of rotatable bonds is 9. The van der Waals surface area contributed by atoms with Gasteiger partial charge < -0.3 is 37.9 Å². The van der Waals surface area contributed by atoms with E-state index in [-0.39, 0.29) is 5.56 Å². The molecule has 0 bridgehead atoms. The average molecular weight is 843 g/mol. The molecule has 1 saturated carbocycles. The first-order chi connectivity index (χ1) is 27.8. The van der Waals surface area contributed by atoms with E-state index in [1.54, 1.807) is 19.9 Å². The van der Waals surface area contributed by atoms with Crippen molar-refractivity contribution in [3.63, 3.8) is 0 Å². The van der Waals surface area contributed by atoms with Gasteiger partial charge >= 0.3 is 47.8 Å². The molecule has 2 fully saturated rings. The largest absolute Gasteiger partial charge is 0.458 e. The molecule has 1 aromatic rings. The Morgan fingerprint density at radius 2 is 1.28 bits per heavy atom. The zero-order chi connectivity index (χ0) is 45.1. The predicted molar refractivity (Wildman–Crippen MR) is 205 cm³/mol. The number of carbonyl (C=O) groups is 9. The molecule has 0 amide bonds. The summed E-state index contributed by atoms with van der Waals surface area (Å²) in [7, 11) is 0. The van der Waals surface area contributed by atoms with E-state index in [0.717, 1.165) is 34.6 Å². The van der Waals surface area contributed by atoms with Crippen molar-refractivity contribution in [3.8, 4) is 0 Å². The second-order valence-electron chi connectivity index (χ2n) is 16.7. The summed E-state index contributed by atoms with van der Waals surface area (Å²) in [6.07, 6.45) is -8.46. The highest BCUT2D eigenvalue weighted by Gasteiger charge is 2.76. The Bertz CT molecular complexity index is 1920. The number of Topliss-reactive ketones (excluding diaryl/α,β-unsaturated/α-hetero) is 1. The summed E-state index contributed by atoms with van der Waals surface area (Å²) in [6.45, 7) is 14.1. The standard InChI is InChI=1S/C43H54O17/c1-22(2)38(51)57-37-32(53-24(4)44)36(55-26(6)46)40(9,10)19-17-23(3)33(50)43(59-28(8)48)21-41(11,58-27(7)47)34(54-25(5)45)31(43)35-42(37,20-18-30(49)56-35)60-39(52)29-15-13-12-14-16-29/h12-17,19,22-23,31-32,34-37H,18,20-21H2,1-11H3/b19-17+/t23-,31+,32-,34+,35+,36+,37+,41+,42-,43+/m0/s1. The zero-order valence-corrected chi connectivity index (χ0v) is 35.7. The van der Waals surface area contributed by atoms with Gasteiger partial charge in [0.2, 0.25) is 0 Å². The fourth-order valence-electron chi connectivity index (χ4n) is 8.58. The van der Waals surface area contributed by atoms with Crippen LogP contribution in [0.3, 0.4) is 0 Å². The van der Waals surface area contributed by atoms with Crippen LogP contribution < -0.4 is 0 Å². The van der Waals surface area contributed by atoms with Crippen LogP contribution in [0.2, 0.25) is 0 Å². The lowest BCUT2D eigenvalue weighted by Gasteiger charge is -2.53. The molecule has 1 saturated heterocycles. The summed E-state index contributed by atoms with van der Waals surface area (Å²) in [6, 6.07) is 7.48. The number of ether oxygens (including phenoxy) is 8. The van der Waals surface area contributed by atoms with Gasteiger partial charge in [0.15, 0.2) is 53.1 Å². The number of carbonyl (C=O) groups excluding carboxylic acids is 9. The van der Waals surface area contributed by atoms with Crippen LogP contribution in [-0.4, -0.2) is 101 Å². The molecule has 1 aliphatic heterocycles. The van der Waals surface area contributed by atoms with Crippen molar-refractivity contribution < 1.29 is 81.0 Å². The lowest BCUT2D eigenvalue weighted by Crippen LogP contribution is -2.72. The number of hydrogen-bond donors (Lipinski definition) is 0. The van der Waals surface area contributed by atoms with Gasteiger partial charge in [0, 0.05) is 65.2 Å². The topological polar surface area (TPSA) is 227 Å². The fraction of sp³-hybridized carbons (Fsp3) is 0.605. The molecule has 0 aromatic heterocycles. The lowest BCUT2D eigenvalue weighted by atomic mass is 9.66. The Hall–Kier alpha value is -5.61. The fourth-order valence-corrected chi connectivity index (χ4v) is 8.58. The van der Waals surface area contributed by atoms with Crippen molar-refractivity contribution in [1.29, 1.82) is 0 Å².